The zero-order valence-electron chi connectivity index (χ0n) is 11.3. The maximum atomic E-state index is 11.7. The van der Waals surface area contributed by atoms with Crippen molar-refractivity contribution in [1.29, 1.82) is 0 Å². The van der Waals surface area contributed by atoms with E-state index in [0.717, 1.165) is 26.4 Å². The molecular weight excluding hydrogens is 282 g/mol. The molecule has 0 saturated heterocycles. The molecule has 0 radical (unpaired) electrons. The molecule has 6 heteroatoms. The minimum Gasteiger partial charge on any atom is -0.477 e. The molecule has 6 nitrogen and oxygen atoms in total. The molecule has 2 aromatic carbocycles. The molecule has 0 fully saturated rings. The summed E-state index contributed by atoms with van der Waals surface area (Å²) >= 11 is 0. The van der Waals surface area contributed by atoms with Gasteiger partial charge in [-0.2, -0.15) is 0 Å². The Morgan fingerprint density at radius 2 is 1.82 bits per heavy atom. The molecule has 4 aromatic rings. The predicted octanol–water partition coefficient (Wildman–Crippen LogP) is 2.90. The van der Waals surface area contributed by atoms with Crippen LogP contribution >= 0.6 is 0 Å². The van der Waals surface area contributed by atoms with Crippen molar-refractivity contribution in [2.75, 3.05) is 0 Å². The highest BCUT2D eigenvalue weighted by Crippen LogP contribution is 2.30. The lowest BCUT2D eigenvalue weighted by atomic mass is 10.1. The molecule has 0 saturated carbocycles. The molecule has 1 amide bonds. The summed E-state index contributed by atoms with van der Waals surface area (Å²) in [5.41, 5.74) is 7.56. The topological polar surface area (TPSA) is 101 Å². The van der Waals surface area contributed by atoms with Gasteiger partial charge in [0.05, 0.1) is 5.52 Å². The van der Waals surface area contributed by atoms with Crippen LogP contribution < -0.4 is 5.73 Å². The van der Waals surface area contributed by atoms with Crippen LogP contribution in [0.25, 0.3) is 32.7 Å². The second-order valence-electron chi connectivity index (χ2n) is 5.14. The number of carbonyl (C=O) groups excluding carboxylic acids is 1. The number of carboxylic acids is 1. The Balaban J connectivity index is 2.19. The Morgan fingerprint density at radius 3 is 2.55 bits per heavy atom. The van der Waals surface area contributed by atoms with E-state index in [9.17, 15) is 14.7 Å². The lowest BCUT2D eigenvalue weighted by Crippen LogP contribution is -2.23. The molecule has 108 valence electrons. The molecule has 0 spiro atoms. The third-order valence-electron chi connectivity index (χ3n) is 3.87. The smallest absolute Gasteiger partial charge is 0.353 e. The van der Waals surface area contributed by atoms with E-state index in [1.54, 1.807) is 6.07 Å². The van der Waals surface area contributed by atoms with Crippen LogP contribution in [0.3, 0.4) is 0 Å². The number of hydrogen-bond acceptors (Lipinski definition) is 2. The third-order valence-corrected chi connectivity index (χ3v) is 3.87. The van der Waals surface area contributed by atoms with Gasteiger partial charge in [0, 0.05) is 27.2 Å². The van der Waals surface area contributed by atoms with Crippen LogP contribution in [0.2, 0.25) is 0 Å². The average Bonchev–Trinajstić information content (AvgIpc) is 3.02. The number of benzene rings is 2. The van der Waals surface area contributed by atoms with Gasteiger partial charge in [-0.05, 0) is 24.3 Å². The first-order valence-electron chi connectivity index (χ1n) is 6.65. The number of aromatic carboxylic acids is 1. The number of hydrogen-bond donors (Lipinski definition) is 3. The molecule has 0 atom stereocenters. The summed E-state index contributed by atoms with van der Waals surface area (Å²) in [6.45, 7) is 0. The zero-order chi connectivity index (χ0) is 15.4. The van der Waals surface area contributed by atoms with E-state index in [0.29, 0.717) is 10.9 Å². The first-order valence-corrected chi connectivity index (χ1v) is 6.65. The van der Waals surface area contributed by atoms with Crippen molar-refractivity contribution in [3.05, 3.63) is 48.2 Å². The molecule has 0 aliphatic heterocycles. The van der Waals surface area contributed by atoms with Crippen molar-refractivity contribution >= 4 is 44.7 Å². The highest BCUT2D eigenvalue weighted by atomic mass is 16.4. The summed E-state index contributed by atoms with van der Waals surface area (Å²) < 4.78 is 1.03. The molecule has 4 rings (SSSR count). The number of aromatic amines is 1. The van der Waals surface area contributed by atoms with Gasteiger partial charge in [0.25, 0.3) is 0 Å². The number of H-pyrrole nitrogens is 1. The van der Waals surface area contributed by atoms with Crippen LogP contribution in [0.4, 0.5) is 4.79 Å². The molecule has 0 aliphatic rings. The fraction of sp³-hybridized carbons (Fsp3) is 0. The zero-order valence-corrected chi connectivity index (χ0v) is 11.3. The van der Waals surface area contributed by atoms with E-state index in [4.69, 9.17) is 5.73 Å². The SMILES string of the molecule is NC(=O)n1c(C(=O)O)cc2cc3[nH]c4ccccc4c3cc21. The van der Waals surface area contributed by atoms with E-state index in [1.165, 1.54) is 6.07 Å². The first kappa shape index (κ1) is 12.5. The van der Waals surface area contributed by atoms with Crippen molar-refractivity contribution < 1.29 is 14.7 Å². The van der Waals surface area contributed by atoms with Gasteiger partial charge in [-0.25, -0.2) is 9.59 Å². The van der Waals surface area contributed by atoms with Gasteiger partial charge in [0.1, 0.15) is 5.69 Å². The number of amides is 1. The summed E-state index contributed by atoms with van der Waals surface area (Å²) in [5, 5.41) is 11.8. The Labute approximate surface area is 123 Å². The number of aromatic nitrogens is 2. The van der Waals surface area contributed by atoms with Crippen LogP contribution in [0.5, 0.6) is 0 Å². The normalized spacial score (nSPS) is 11.5. The Hall–Kier alpha value is -3.28. The summed E-state index contributed by atoms with van der Waals surface area (Å²) in [7, 11) is 0. The molecule has 2 aromatic heterocycles. The number of nitrogens with two attached hydrogens (primary N) is 1. The van der Waals surface area contributed by atoms with Crippen LogP contribution in [0.1, 0.15) is 10.5 Å². The number of carbonyl (C=O) groups is 2. The quantitative estimate of drug-likeness (QED) is 0.503. The van der Waals surface area contributed by atoms with Gasteiger partial charge >= 0.3 is 12.0 Å². The van der Waals surface area contributed by atoms with Crippen LogP contribution in [-0.2, 0) is 0 Å². The van der Waals surface area contributed by atoms with Crippen LogP contribution in [0.15, 0.2) is 42.5 Å². The van der Waals surface area contributed by atoms with Gasteiger partial charge < -0.3 is 15.8 Å². The van der Waals surface area contributed by atoms with Crippen molar-refractivity contribution in [2.45, 2.75) is 0 Å². The number of nitrogens with one attached hydrogen (secondary N) is 1. The maximum Gasteiger partial charge on any atom is 0.353 e. The largest absolute Gasteiger partial charge is 0.477 e. The second-order valence-corrected chi connectivity index (χ2v) is 5.14. The van der Waals surface area contributed by atoms with E-state index in [-0.39, 0.29) is 5.69 Å². The summed E-state index contributed by atoms with van der Waals surface area (Å²) in [6.07, 6.45) is 0. The summed E-state index contributed by atoms with van der Waals surface area (Å²) in [5.74, 6) is -1.19. The highest BCUT2D eigenvalue weighted by molar-refractivity contribution is 6.13. The molecule has 22 heavy (non-hydrogen) atoms. The molecule has 0 unspecified atom stereocenters. The van der Waals surface area contributed by atoms with Gasteiger partial charge in [-0.15, -0.1) is 0 Å². The average molecular weight is 293 g/mol. The van der Waals surface area contributed by atoms with Gasteiger partial charge in [0.15, 0.2) is 0 Å². The lowest BCUT2D eigenvalue weighted by Gasteiger charge is -2.02. The van der Waals surface area contributed by atoms with Crippen molar-refractivity contribution in [3.8, 4) is 0 Å². The van der Waals surface area contributed by atoms with Crippen molar-refractivity contribution in [1.82, 2.24) is 9.55 Å². The molecule has 2 heterocycles. The van der Waals surface area contributed by atoms with Crippen LogP contribution in [-0.4, -0.2) is 26.7 Å². The predicted molar refractivity (Wildman–Crippen MR) is 83.2 cm³/mol. The Bertz CT molecular complexity index is 1090. The highest BCUT2D eigenvalue weighted by Gasteiger charge is 2.19. The van der Waals surface area contributed by atoms with Gasteiger partial charge in [-0.3, -0.25) is 4.57 Å². The van der Waals surface area contributed by atoms with E-state index >= 15 is 0 Å². The molecule has 4 N–H and O–H groups in total. The standard InChI is InChI=1S/C16H11N3O3/c17-16(22)19-13-7-10-9-3-1-2-4-11(9)18-12(10)5-8(13)6-14(19)15(20)21/h1-7,18H,(H2,17,22)(H,20,21). The number of carboxylic acid groups (broad SMARTS) is 1. The number of nitrogens with zero attached hydrogens (tertiary/aromatic N) is 1. The van der Waals surface area contributed by atoms with Crippen LogP contribution in [0, 0.1) is 0 Å². The van der Waals surface area contributed by atoms with E-state index < -0.39 is 12.0 Å². The minimum atomic E-state index is -1.19. The number of para-hydroxylation sites is 1. The lowest BCUT2D eigenvalue weighted by molar-refractivity contribution is 0.0687. The minimum absolute atomic E-state index is 0.139. The first-order chi connectivity index (χ1) is 10.6. The number of rotatable bonds is 1. The van der Waals surface area contributed by atoms with Gasteiger partial charge in [-0.1, -0.05) is 18.2 Å². The van der Waals surface area contributed by atoms with E-state index in [2.05, 4.69) is 4.98 Å². The fourth-order valence-corrected chi connectivity index (χ4v) is 2.95. The second kappa shape index (κ2) is 4.11. The van der Waals surface area contributed by atoms with Crippen molar-refractivity contribution in [2.24, 2.45) is 5.73 Å². The summed E-state index contributed by atoms with van der Waals surface area (Å²) in [6, 6.07) is 12.1. The maximum absolute atomic E-state index is 11.7. The van der Waals surface area contributed by atoms with E-state index in [1.807, 2.05) is 30.3 Å². The molecule has 0 aliphatic carbocycles. The van der Waals surface area contributed by atoms with Gasteiger partial charge in [0.2, 0.25) is 0 Å². The Kier molecular flexibility index (Phi) is 2.33. The monoisotopic (exact) mass is 293 g/mol. The Morgan fingerprint density at radius 1 is 1.05 bits per heavy atom. The third kappa shape index (κ3) is 1.54. The fourth-order valence-electron chi connectivity index (χ4n) is 2.95. The number of fused-ring (bicyclic) bond motifs is 4. The van der Waals surface area contributed by atoms with Crippen molar-refractivity contribution in [3.63, 3.8) is 0 Å². The summed E-state index contributed by atoms with van der Waals surface area (Å²) in [4.78, 5) is 26.2. The molecular formula is C16H11N3O3. The molecule has 0 bridgehead atoms. The number of primary amides is 1.